The highest BCUT2D eigenvalue weighted by Gasteiger charge is 2.08. The van der Waals surface area contributed by atoms with Crippen molar-refractivity contribution < 1.29 is 4.74 Å². The van der Waals surface area contributed by atoms with Gasteiger partial charge in [0.15, 0.2) is 0 Å². The molecule has 1 nitrogen and oxygen atoms in total. The van der Waals surface area contributed by atoms with Crippen molar-refractivity contribution in [2.24, 2.45) is 0 Å². The Labute approximate surface area is 135 Å². The standard InChI is InChI=1S/C20H18OS/c1-3-8-17(9-4-1)13-14-20(18-10-5-2-6-11-18)21-16-19-12-7-15-22-19/h1-15,20H,16H2/b14-13+/t20-/m1/s1. The van der Waals surface area contributed by atoms with Gasteiger partial charge >= 0.3 is 0 Å². The molecule has 0 saturated heterocycles. The van der Waals surface area contributed by atoms with Gasteiger partial charge in [-0.1, -0.05) is 78.9 Å². The van der Waals surface area contributed by atoms with E-state index in [9.17, 15) is 0 Å². The molecule has 0 unspecified atom stereocenters. The Hall–Kier alpha value is -2.16. The first kappa shape index (κ1) is 14.8. The fraction of sp³-hybridized carbons (Fsp3) is 0.100. The minimum absolute atomic E-state index is 0.0384. The van der Waals surface area contributed by atoms with Crippen molar-refractivity contribution in [1.82, 2.24) is 0 Å². The Kier molecular flexibility index (Phi) is 5.19. The van der Waals surface area contributed by atoms with E-state index < -0.39 is 0 Å². The molecule has 0 amide bonds. The molecule has 0 aliphatic rings. The number of benzene rings is 2. The van der Waals surface area contributed by atoms with E-state index in [1.54, 1.807) is 11.3 Å². The van der Waals surface area contributed by atoms with Crippen molar-refractivity contribution in [3.05, 3.63) is 100 Å². The summed E-state index contributed by atoms with van der Waals surface area (Å²) >= 11 is 1.73. The van der Waals surface area contributed by atoms with Crippen molar-refractivity contribution in [2.45, 2.75) is 12.7 Å². The Morgan fingerprint density at radius 1 is 0.864 bits per heavy atom. The highest BCUT2D eigenvalue weighted by atomic mass is 32.1. The number of rotatable bonds is 6. The molecule has 110 valence electrons. The van der Waals surface area contributed by atoms with Crippen LogP contribution >= 0.6 is 11.3 Å². The van der Waals surface area contributed by atoms with Crippen molar-refractivity contribution in [1.29, 1.82) is 0 Å². The molecule has 0 saturated carbocycles. The Bertz CT molecular complexity index is 687. The molecule has 2 heteroatoms. The van der Waals surface area contributed by atoms with E-state index in [1.807, 2.05) is 36.4 Å². The Balaban J connectivity index is 1.75. The second-order valence-corrected chi connectivity index (χ2v) is 6.02. The predicted octanol–water partition coefficient (Wildman–Crippen LogP) is 5.72. The van der Waals surface area contributed by atoms with Crippen LogP contribution in [0.2, 0.25) is 0 Å². The van der Waals surface area contributed by atoms with Crippen molar-refractivity contribution in [3.63, 3.8) is 0 Å². The minimum Gasteiger partial charge on any atom is -0.364 e. The third-order valence-corrected chi connectivity index (χ3v) is 4.23. The van der Waals surface area contributed by atoms with E-state index in [-0.39, 0.29) is 6.10 Å². The van der Waals surface area contributed by atoms with Crippen LogP contribution in [0.15, 0.2) is 84.3 Å². The van der Waals surface area contributed by atoms with Gasteiger partial charge in [0.2, 0.25) is 0 Å². The van der Waals surface area contributed by atoms with Crippen LogP contribution in [0.3, 0.4) is 0 Å². The second-order valence-electron chi connectivity index (χ2n) is 4.99. The lowest BCUT2D eigenvalue weighted by Crippen LogP contribution is -2.01. The molecular weight excluding hydrogens is 288 g/mol. The van der Waals surface area contributed by atoms with Crippen LogP contribution < -0.4 is 0 Å². The molecule has 0 aliphatic carbocycles. The van der Waals surface area contributed by atoms with Crippen molar-refractivity contribution >= 4 is 17.4 Å². The van der Waals surface area contributed by atoms with Gasteiger partial charge in [0.25, 0.3) is 0 Å². The lowest BCUT2D eigenvalue weighted by Gasteiger charge is -2.14. The summed E-state index contributed by atoms with van der Waals surface area (Å²) in [5.41, 5.74) is 2.36. The molecule has 1 heterocycles. The first-order valence-corrected chi connectivity index (χ1v) is 8.22. The molecule has 0 fully saturated rings. The molecule has 0 aliphatic heterocycles. The van der Waals surface area contributed by atoms with Crippen LogP contribution in [0.5, 0.6) is 0 Å². The van der Waals surface area contributed by atoms with Crippen molar-refractivity contribution in [2.75, 3.05) is 0 Å². The molecule has 3 aromatic rings. The highest BCUT2D eigenvalue weighted by molar-refractivity contribution is 7.09. The van der Waals surface area contributed by atoms with Gasteiger partial charge in [-0.3, -0.25) is 0 Å². The molecule has 22 heavy (non-hydrogen) atoms. The molecule has 1 atom stereocenters. The normalized spacial score (nSPS) is 12.5. The first-order chi connectivity index (χ1) is 10.9. The maximum absolute atomic E-state index is 6.12. The molecule has 0 N–H and O–H groups in total. The summed E-state index contributed by atoms with van der Waals surface area (Å²) in [6, 6.07) is 24.8. The third-order valence-electron chi connectivity index (χ3n) is 3.38. The topological polar surface area (TPSA) is 9.23 Å². The molecule has 0 radical (unpaired) electrons. The van der Waals surface area contributed by atoms with Gasteiger partial charge < -0.3 is 4.74 Å². The zero-order chi connectivity index (χ0) is 15.0. The zero-order valence-corrected chi connectivity index (χ0v) is 13.1. The molecule has 3 rings (SSSR count). The van der Waals surface area contributed by atoms with Gasteiger partial charge in [-0.05, 0) is 22.6 Å². The number of thiophene rings is 1. The maximum atomic E-state index is 6.12. The zero-order valence-electron chi connectivity index (χ0n) is 12.3. The number of hydrogen-bond acceptors (Lipinski definition) is 2. The summed E-state index contributed by atoms with van der Waals surface area (Å²) in [5.74, 6) is 0. The van der Waals surface area contributed by atoms with Crippen LogP contribution in [0.25, 0.3) is 6.08 Å². The Morgan fingerprint density at radius 3 is 2.27 bits per heavy atom. The average molecular weight is 306 g/mol. The second kappa shape index (κ2) is 7.74. The van der Waals surface area contributed by atoms with Gasteiger partial charge in [0.05, 0.1) is 6.61 Å². The van der Waals surface area contributed by atoms with E-state index in [0.29, 0.717) is 6.61 Å². The maximum Gasteiger partial charge on any atom is 0.101 e. The van der Waals surface area contributed by atoms with Gasteiger partial charge in [-0.2, -0.15) is 0 Å². The molecule has 0 spiro atoms. The monoisotopic (exact) mass is 306 g/mol. The molecule has 2 aromatic carbocycles. The smallest absolute Gasteiger partial charge is 0.101 e. The van der Waals surface area contributed by atoms with Gasteiger partial charge in [-0.15, -0.1) is 11.3 Å². The molecule has 0 bridgehead atoms. The van der Waals surface area contributed by atoms with E-state index in [4.69, 9.17) is 4.74 Å². The van der Waals surface area contributed by atoms with Crippen LogP contribution in [0.1, 0.15) is 22.1 Å². The van der Waals surface area contributed by atoms with E-state index in [2.05, 4.69) is 53.9 Å². The van der Waals surface area contributed by atoms with Crippen molar-refractivity contribution in [3.8, 4) is 0 Å². The summed E-state index contributed by atoms with van der Waals surface area (Å²) in [7, 11) is 0. The lowest BCUT2D eigenvalue weighted by molar-refractivity contribution is 0.0742. The predicted molar refractivity (Wildman–Crippen MR) is 93.8 cm³/mol. The average Bonchev–Trinajstić information content (AvgIpc) is 3.10. The summed E-state index contributed by atoms with van der Waals surface area (Å²) in [6.45, 7) is 0.635. The highest BCUT2D eigenvalue weighted by Crippen LogP contribution is 2.23. The van der Waals surface area contributed by atoms with Gasteiger partial charge in [-0.25, -0.2) is 0 Å². The lowest BCUT2D eigenvalue weighted by atomic mass is 10.1. The minimum atomic E-state index is -0.0384. The summed E-state index contributed by atoms with van der Waals surface area (Å²) < 4.78 is 6.12. The van der Waals surface area contributed by atoms with Crippen LogP contribution in [0.4, 0.5) is 0 Å². The summed E-state index contributed by atoms with van der Waals surface area (Å²) in [5, 5.41) is 2.08. The van der Waals surface area contributed by atoms with Crippen LogP contribution in [0, 0.1) is 0 Å². The van der Waals surface area contributed by atoms with Gasteiger partial charge in [0.1, 0.15) is 6.10 Å². The fourth-order valence-electron chi connectivity index (χ4n) is 2.23. The first-order valence-electron chi connectivity index (χ1n) is 7.34. The van der Waals surface area contributed by atoms with Crippen LogP contribution in [-0.4, -0.2) is 0 Å². The fourth-order valence-corrected chi connectivity index (χ4v) is 2.86. The quantitative estimate of drug-likeness (QED) is 0.566. The number of hydrogen-bond donors (Lipinski definition) is 0. The van der Waals surface area contributed by atoms with E-state index >= 15 is 0 Å². The van der Waals surface area contributed by atoms with E-state index in [1.165, 1.54) is 16.0 Å². The molecule has 1 aromatic heterocycles. The third kappa shape index (κ3) is 4.17. The SMILES string of the molecule is C(=C\[C@@H](OCc1cccs1)c1ccccc1)/c1ccccc1. The summed E-state index contributed by atoms with van der Waals surface area (Å²) in [6.07, 6.45) is 4.20. The number of ether oxygens (including phenoxy) is 1. The van der Waals surface area contributed by atoms with E-state index in [0.717, 1.165) is 0 Å². The largest absolute Gasteiger partial charge is 0.364 e. The summed E-state index contributed by atoms with van der Waals surface area (Å²) in [4.78, 5) is 1.24. The van der Waals surface area contributed by atoms with Gasteiger partial charge in [0, 0.05) is 4.88 Å². The Morgan fingerprint density at radius 2 is 1.59 bits per heavy atom. The van der Waals surface area contributed by atoms with Crippen LogP contribution in [-0.2, 0) is 11.3 Å². The molecular formula is C20H18OS.